The third kappa shape index (κ3) is 5.19. The number of benzene rings is 3. The molecule has 166 valence electrons. The zero-order chi connectivity index (χ0) is 23.6. The summed E-state index contributed by atoms with van der Waals surface area (Å²) in [5.41, 5.74) is 2.30. The van der Waals surface area contributed by atoms with Crippen LogP contribution in [0, 0.1) is 25.5 Å². The van der Waals surface area contributed by atoms with Gasteiger partial charge in [0.15, 0.2) is 0 Å². The third-order valence-corrected chi connectivity index (χ3v) is 4.98. The average Bonchev–Trinajstić information content (AvgIpc) is 2.68. The fourth-order valence-electron chi connectivity index (χ4n) is 3.24. The van der Waals surface area contributed by atoms with E-state index in [9.17, 15) is 18.4 Å². The average molecular weight is 437 g/mol. The fourth-order valence-corrected chi connectivity index (χ4v) is 3.24. The van der Waals surface area contributed by atoms with E-state index in [2.05, 4.69) is 5.32 Å². The van der Waals surface area contributed by atoms with E-state index < -0.39 is 29.1 Å². The first-order chi connectivity index (χ1) is 15.0. The van der Waals surface area contributed by atoms with Crippen molar-refractivity contribution in [3.05, 3.63) is 88.5 Å². The van der Waals surface area contributed by atoms with Crippen LogP contribution in [0.3, 0.4) is 0 Å². The Morgan fingerprint density at radius 3 is 2.28 bits per heavy atom. The van der Waals surface area contributed by atoms with E-state index in [0.717, 1.165) is 23.3 Å². The zero-order valence-corrected chi connectivity index (χ0v) is 18.7. The van der Waals surface area contributed by atoms with Crippen molar-refractivity contribution < 1.29 is 23.1 Å². The second-order valence-electron chi connectivity index (χ2n) is 8.59. The predicted octanol–water partition coefficient (Wildman–Crippen LogP) is 6.46. The SMILES string of the molecule is Cc1cccc(C(=O)Nc2cc(-c3ccc(F)cc3F)ccc2C(=O)OC(C)(C)C)c1C. The van der Waals surface area contributed by atoms with E-state index in [1.54, 1.807) is 32.9 Å². The van der Waals surface area contributed by atoms with E-state index >= 15 is 0 Å². The van der Waals surface area contributed by atoms with Gasteiger partial charge in [0.2, 0.25) is 0 Å². The number of carbonyl (C=O) groups excluding carboxylic acids is 2. The number of hydrogen-bond donors (Lipinski definition) is 1. The van der Waals surface area contributed by atoms with Crippen molar-refractivity contribution in [3.63, 3.8) is 0 Å². The summed E-state index contributed by atoms with van der Waals surface area (Å²) in [6.07, 6.45) is 0. The number of hydrogen-bond acceptors (Lipinski definition) is 3. The maximum atomic E-state index is 14.4. The summed E-state index contributed by atoms with van der Waals surface area (Å²) < 4.78 is 33.2. The molecule has 0 aliphatic heterocycles. The smallest absolute Gasteiger partial charge is 0.340 e. The molecule has 4 nitrogen and oxygen atoms in total. The number of halogens is 2. The number of nitrogens with one attached hydrogen (secondary N) is 1. The molecule has 1 amide bonds. The number of anilines is 1. The number of carbonyl (C=O) groups is 2. The topological polar surface area (TPSA) is 55.4 Å². The van der Waals surface area contributed by atoms with Gasteiger partial charge in [0.1, 0.15) is 17.2 Å². The Kier molecular flexibility index (Phi) is 6.44. The molecule has 0 saturated carbocycles. The van der Waals surface area contributed by atoms with Crippen molar-refractivity contribution in [1.82, 2.24) is 0 Å². The Bertz CT molecular complexity index is 1200. The van der Waals surface area contributed by atoms with Gasteiger partial charge in [0.25, 0.3) is 5.91 Å². The molecule has 3 aromatic carbocycles. The van der Waals surface area contributed by atoms with E-state index in [0.29, 0.717) is 11.1 Å². The summed E-state index contributed by atoms with van der Waals surface area (Å²) in [6, 6.07) is 13.1. The van der Waals surface area contributed by atoms with Crippen LogP contribution in [-0.4, -0.2) is 17.5 Å². The molecular weight excluding hydrogens is 412 g/mol. The van der Waals surface area contributed by atoms with Crippen LogP contribution in [0.1, 0.15) is 52.6 Å². The van der Waals surface area contributed by atoms with Crippen molar-refractivity contribution in [2.24, 2.45) is 0 Å². The van der Waals surface area contributed by atoms with Gasteiger partial charge in [-0.25, -0.2) is 13.6 Å². The van der Waals surface area contributed by atoms with Gasteiger partial charge in [-0.2, -0.15) is 0 Å². The Labute approximate surface area is 186 Å². The first-order valence-electron chi connectivity index (χ1n) is 10.2. The van der Waals surface area contributed by atoms with Crippen LogP contribution < -0.4 is 5.32 Å². The van der Waals surface area contributed by atoms with Crippen molar-refractivity contribution >= 4 is 17.6 Å². The number of esters is 1. The highest BCUT2D eigenvalue weighted by atomic mass is 19.1. The number of amides is 1. The minimum absolute atomic E-state index is 0.129. The van der Waals surface area contributed by atoms with Crippen LogP contribution in [-0.2, 0) is 4.74 Å². The van der Waals surface area contributed by atoms with Crippen LogP contribution in [0.2, 0.25) is 0 Å². The normalized spacial score (nSPS) is 11.2. The Balaban J connectivity index is 2.07. The minimum Gasteiger partial charge on any atom is -0.456 e. The van der Waals surface area contributed by atoms with Gasteiger partial charge in [-0.15, -0.1) is 0 Å². The molecule has 0 aromatic heterocycles. The molecule has 0 aliphatic rings. The van der Waals surface area contributed by atoms with Crippen LogP contribution in [0.25, 0.3) is 11.1 Å². The number of ether oxygens (including phenoxy) is 1. The van der Waals surface area contributed by atoms with Crippen molar-refractivity contribution in [1.29, 1.82) is 0 Å². The Hall–Kier alpha value is -3.54. The second kappa shape index (κ2) is 8.91. The molecule has 3 rings (SSSR count). The van der Waals surface area contributed by atoms with Crippen molar-refractivity contribution in [2.45, 2.75) is 40.2 Å². The van der Waals surface area contributed by atoms with Crippen LogP contribution >= 0.6 is 0 Å². The number of rotatable bonds is 4. The van der Waals surface area contributed by atoms with Gasteiger partial charge < -0.3 is 10.1 Å². The van der Waals surface area contributed by atoms with Gasteiger partial charge in [0.05, 0.1) is 11.3 Å². The lowest BCUT2D eigenvalue weighted by Gasteiger charge is -2.21. The first kappa shape index (κ1) is 23.1. The largest absolute Gasteiger partial charge is 0.456 e. The predicted molar refractivity (Wildman–Crippen MR) is 121 cm³/mol. The van der Waals surface area contributed by atoms with Gasteiger partial charge in [0, 0.05) is 17.2 Å². The van der Waals surface area contributed by atoms with E-state index in [-0.39, 0.29) is 16.8 Å². The van der Waals surface area contributed by atoms with E-state index in [1.165, 1.54) is 24.3 Å². The Morgan fingerprint density at radius 1 is 0.906 bits per heavy atom. The van der Waals surface area contributed by atoms with Crippen molar-refractivity contribution in [3.8, 4) is 11.1 Å². The molecule has 0 radical (unpaired) electrons. The summed E-state index contributed by atoms with van der Waals surface area (Å²) >= 11 is 0. The summed E-state index contributed by atoms with van der Waals surface area (Å²) in [5.74, 6) is -2.48. The lowest BCUT2D eigenvalue weighted by molar-refractivity contribution is 0.00708. The standard InChI is InChI=1S/C26H25F2NO3/c1-15-7-6-8-19(16(15)2)24(30)29-23-13-17(20-12-10-18(27)14-22(20)28)9-11-21(23)25(31)32-26(3,4)5/h6-14H,1-5H3,(H,29,30). The molecule has 0 spiro atoms. The molecule has 32 heavy (non-hydrogen) atoms. The second-order valence-corrected chi connectivity index (χ2v) is 8.59. The lowest BCUT2D eigenvalue weighted by Crippen LogP contribution is -2.25. The van der Waals surface area contributed by atoms with Crippen LogP contribution in [0.4, 0.5) is 14.5 Å². The molecule has 1 N–H and O–H groups in total. The summed E-state index contributed by atoms with van der Waals surface area (Å²) in [6.45, 7) is 8.95. The highest BCUT2D eigenvalue weighted by molar-refractivity contribution is 6.09. The quantitative estimate of drug-likeness (QED) is 0.477. The molecule has 0 unspecified atom stereocenters. The van der Waals surface area contributed by atoms with E-state index in [1.807, 2.05) is 19.9 Å². The van der Waals surface area contributed by atoms with Crippen LogP contribution in [0.5, 0.6) is 0 Å². The van der Waals surface area contributed by atoms with E-state index in [4.69, 9.17) is 4.74 Å². The molecule has 0 bridgehead atoms. The van der Waals surface area contributed by atoms with Gasteiger partial charge >= 0.3 is 5.97 Å². The minimum atomic E-state index is -0.748. The molecular formula is C26H25F2NO3. The maximum absolute atomic E-state index is 14.4. The van der Waals surface area contributed by atoms with Crippen LogP contribution in [0.15, 0.2) is 54.6 Å². The molecule has 3 aromatic rings. The first-order valence-corrected chi connectivity index (χ1v) is 10.2. The molecule has 0 fully saturated rings. The van der Waals surface area contributed by atoms with Gasteiger partial charge in [-0.3, -0.25) is 4.79 Å². The highest BCUT2D eigenvalue weighted by Crippen LogP contribution is 2.30. The summed E-state index contributed by atoms with van der Waals surface area (Å²) in [4.78, 5) is 25.8. The summed E-state index contributed by atoms with van der Waals surface area (Å²) in [7, 11) is 0. The molecule has 0 aliphatic carbocycles. The van der Waals surface area contributed by atoms with Gasteiger partial charge in [-0.05, 0) is 81.6 Å². The third-order valence-electron chi connectivity index (χ3n) is 4.98. The molecule has 0 saturated heterocycles. The zero-order valence-electron chi connectivity index (χ0n) is 18.7. The molecule has 0 atom stereocenters. The molecule has 0 heterocycles. The number of aryl methyl sites for hydroxylation is 1. The fraction of sp³-hybridized carbons (Fsp3) is 0.231. The van der Waals surface area contributed by atoms with Crippen molar-refractivity contribution in [2.75, 3.05) is 5.32 Å². The van der Waals surface area contributed by atoms with Gasteiger partial charge in [-0.1, -0.05) is 18.2 Å². The molecule has 6 heteroatoms. The highest BCUT2D eigenvalue weighted by Gasteiger charge is 2.23. The summed E-state index contributed by atoms with van der Waals surface area (Å²) in [5, 5.41) is 2.77. The Morgan fingerprint density at radius 2 is 1.62 bits per heavy atom. The maximum Gasteiger partial charge on any atom is 0.340 e. The monoisotopic (exact) mass is 437 g/mol. The lowest BCUT2D eigenvalue weighted by atomic mass is 10.00.